The maximum absolute atomic E-state index is 13.2. The van der Waals surface area contributed by atoms with E-state index in [0.717, 1.165) is 28.4 Å². The van der Waals surface area contributed by atoms with Gasteiger partial charge < -0.3 is 14.5 Å². The van der Waals surface area contributed by atoms with E-state index in [1.54, 1.807) is 4.90 Å². The number of morpholine rings is 1. The van der Waals surface area contributed by atoms with Crippen LogP contribution in [0.1, 0.15) is 40.1 Å². The Morgan fingerprint density at radius 3 is 2.42 bits per heavy atom. The zero-order valence-corrected chi connectivity index (χ0v) is 18.3. The van der Waals surface area contributed by atoms with E-state index in [9.17, 15) is 18.0 Å². The van der Waals surface area contributed by atoms with E-state index in [1.807, 2.05) is 10.3 Å². The lowest BCUT2D eigenvalue weighted by atomic mass is 9.84. The van der Waals surface area contributed by atoms with Crippen LogP contribution in [-0.4, -0.2) is 60.2 Å². The molecule has 4 rings (SSSR count). The molecule has 0 N–H and O–H groups in total. The van der Waals surface area contributed by atoms with Crippen LogP contribution in [0.2, 0.25) is 0 Å². The second kappa shape index (κ2) is 9.34. The Kier molecular flexibility index (Phi) is 6.74. The number of ether oxygens (including phenoxy) is 1. The van der Waals surface area contributed by atoms with Gasteiger partial charge in [-0.1, -0.05) is 12.1 Å². The summed E-state index contributed by atoms with van der Waals surface area (Å²) in [4.78, 5) is 21.4. The molecule has 2 fully saturated rings. The number of nitrogens with zero attached hydrogens (tertiary/aromatic N) is 3. The second-order valence-electron chi connectivity index (χ2n) is 7.85. The lowest BCUT2D eigenvalue weighted by Crippen LogP contribution is -2.52. The van der Waals surface area contributed by atoms with Gasteiger partial charge in [-0.05, 0) is 24.1 Å². The Morgan fingerprint density at radius 2 is 1.81 bits per heavy atom. The molecule has 1 aromatic carbocycles. The molecule has 168 valence electrons. The number of carbonyl (C=O) groups excluding carboxylic acids is 1. The molecule has 0 saturated carbocycles. The SMILES string of the molecule is O=C(N1CCOCC1)N1CC(c2ccc(C(F)(F)F)cc2)CC(c2nc(CCl)cs2)C1. The third-order valence-electron chi connectivity index (χ3n) is 5.77. The molecule has 2 amide bonds. The third-order valence-corrected chi connectivity index (χ3v) is 7.10. The van der Waals surface area contributed by atoms with Crippen molar-refractivity contribution in [2.24, 2.45) is 0 Å². The van der Waals surface area contributed by atoms with Crippen LogP contribution in [0, 0.1) is 0 Å². The van der Waals surface area contributed by atoms with Crippen LogP contribution in [0.25, 0.3) is 0 Å². The summed E-state index contributed by atoms with van der Waals surface area (Å²) in [6.07, 6.45) is -3.65. The summed E-state index contributed by atoms with van der Waals surface area (Å²) in [5.41, 5.74) is 0.924. The van der Waals surface area contributed by atoms with Crippen molar-refractivity contribution in [2.45, 2.75) is 30.3 Å². The minimum absolute atomic E-state index is 0.00741. The lowest BCUT2D eigenvalue weighted by molar-refractivity contribution is -0.137. The van der Waals surface area contributed by atoms with Gasteiger partial charge in [-0.3, -0.25) is 0 Å². The van der Waals surface area contributed by atoms with Gasteiger partial charge in [0.05, 0.1) is 35.4 Å². The maximum atomic E-state index is 13.2. The average Bonchev–Trinajstić information content (AvgIpc) is 3.28. The van der Waals surface area contributed by atoms with Gasteiger partial charge >= 0.3 is 12.2 Å². The fourth-order valence-electron chi connectivity index (χ4n) is 4.15. The quantitative estimate of drug-likeness (QED) is 0.594. The fourth-order valence-corrected chi connectivity index (χ4v) is 5.30. The van der Waals surface area contributed by atoms with Crippen molar-refractivity contribution in [1.82, 2.24) is 14.8 Å². The number of hydrogen-bond acceptors (Lipinski definition) is 4. The summed E-state index contributed by atoms with van der Waals surface area (Å²) in [6.45, 7) is 3.10. The molecule has 2 saturated heterocycles. The highest BCUT2D eigenvalue weighted by Gasteiger charge is 2.36. The number of piperidine rings is 1. The number of carbonyl (C=O) groups is 1. The van der Waals surface area contributed by atoms with Gasteiger partial charge in [0, 0.05) is 43.4 Å². The van der Waals surface area contributed by atoms with E-state index in [1.165, 1.54) is 23.5 Å². The summed E-state index contributed by atoms with van der Waals surface area (Å²) in [5.74, 6) is 0.254. The second-order valence-corrected chi connectivity index (χ2v) is 9.00. The van der Waals surface area contributed by atoms with Crippen LogP contribution in [0.5, 0.6) is 0 Å². The zero-order chi connectivity index (χ0) is 22.0. The van der Waals surface area contributed by atoms with Crippen LogP contribution in [-0.2, 0) is 16.8 Å². The average molecular weight is 474 g/mol. The largest absolute Gasteiger partial charge is 0.416 e. The predicted molar refractivity (Wildman–Crippen MR) is 113 cm³/mol. The molecule has 5 nitrogen and oxygen atoms in total. The minimum atomic E-state index is -4.37. The van der Waals surface area contributed by atoms with Gasteiger partial charge in [-0.15, -0.1) is 22.9 Å². The van der Waals surface area contributed by atoms with Gasteiger partial charge in [0.2, 0.25) is 0 Å². The van der Waals surface area contributed by atoms with E-state index in [-0.39, 0.29) is 17.9 Å². The number of urea groups is 1. The minimum Gasteiger partial charge on any atom is -0.378 e. The summed E-state index contributed by atoms with van der Waals surface area (Å²) in [5, 5.41) is 2.82. The molecule has 2 aromatic rings. The first-order chi connectivity index (χ1) is 14.8. The molecule has 2 unspecified atom stereocenters. The van der Waals surface area contributed by atoms with E-state index in [4.69, 9.17) is 16.3 Å². The first kappa shape index (κ1) is 22.4. The van der Waals surface area contributed by atoms with Gasteiger partial charge in [0.25, 0.3) is 0 Å². The highest BCUT2D eigenvalue weighted by atomic mass is 35.5. The van der Waals surface area contributed by atoms with Gasteiger partial charge in [0.1, 0.15) is 0 Å². The number of halogens is 4. The van der Waals surface area contributed by atoms with Crippen molar-refractivity contribution >= 4 is 29.0 Å². The van der Waals surface area contributed by atoms with Crippen molar-refractivity contribution in [3.8, 4) is 0 Å². The molecule has 0 aliphatic carbocycles. The first-order valence-corrected chi connectivity index (χ1v) is 11.6. The van der Waals surface area contributed by atoms with Gasteiger partial charge in [0.15, 0.2) is 0 Å². The highest BCUT2D eigenvalue weighted by molar-refractivity contribution is 7.09. The maximum Gasteiger partial charge on any atom is 0.416 e. The van der Waals surface area contributed by atoms with Gasteiger partial charge in [-0.25, -0.2) is 9.78 Å². The molecule has 2 atom stereocenters. The molecule has 0 bridgehead atoms. The smallest absolute Gasteiger partial charge is 0.378 e. The molecular formula is C21H23ClF3N3O2S. The molecule has 2 aliphatic rings. The van der Waals surface area contributed by atoms with Crippen molar-refractivity contribution in [1.29, 1.82) is 0 Å². The first-order valence-electron chi connectivity index (χ1n) is 10.1. The summed E-state index contributed by atoms with van der Waals surface area (Å²) in [6, 6.07) is 5.22. The molecule has 0 radical (unpaired) electrons. The number of likely N-dealkylation sites (tertiary alicyclic amines) is 1. The van der Waals surface area contributed by atoms with Crippen molar-refractivity contribution in [3.63, 3.8) is 0 Å². The molecular weight excluding hydrogens is 451 g/mol. The number of aromatic nitrogens is 1. The molecule has 0 spiro atoms. The number of hydrogen-bond donors (Lipinski definition) is 0. The molecule has 1 aromatic heterocycles. The molecule has 10 heteroatoms. The van der Waals surface area contributed by atoms with Gasteiger partial charge in [-0.2, -0.15) is 13.2 Å². The summed E-state index contributed by atoms with van der Waals surface area (Å²) >= 11 is 7.42. The number of rotatable bonds is 3. The van der Waals surface area contributed by atoms with E-state index in [2.05, 4.69) is 4.98 Å². The van der Waals surface area contributed by atoms with E-state index in [0.29, 0.717) is 51.7 Å². The van der Waals surface area contributed by atoms with Crippen LogP contribution < -0.4 is 0 Å². The highest BCUT2D eigenvalue weighted by Crippen LogP contribution is 2.38. The number of amides is 2. The Labute approximate surface area is 187 Å². The number of alkyl halides is 4. The number of benzene rings is 1. The van der Waals surface area contributed by atoms with E-state index < -0.39 is 11.7 Å². The standard InChI is InChI=1S/C21H23ClF3N3O2S/c22-10-18-13-31-19(26-18)16-9-15(14-1-3-17(4-2-14)21(23,24)25)11-28(12-16)20(29)27-5-7-30-8-6-27/h1-4,13,15-16H,5-12H2. The van der Waals surface area contributed by atoms with Crippen molar-refractivity contribution < 1.29 is 22.7 Å². The topological polar surface area (TPSA) is 45.7 Å². The zero-order valence-electron chi connectivity index (χ0n) is 16.8. The summed E-state index contributed by atoms with van der Waals surface area (Å²) < 4.78 is 44.3. The molecule has 3 heterocycles. The van der Waals surface area contributed by atoms with E-state index >= 15 is 0 Å². The van der Waals surface area contributed by atoms with Crippen LogP contribution in [0.4, 0.5) is 18.0 Å². The Balaban J connectivity index is 1.58. The lowest BCUT2D eigenvalue weighted by Gasteiger charge is -2.40. The predicted octanol–water partition coefficient (Wildman–Crippen LogP) is 4.93. The van der Waals surface area contributed by atoms with Crippen molar-refractivity contribution in [3.05, 3.63) is 51.5 Å². The molecule has 31 heavy (non-hydrogen) atoms. The van der Waals surface area contributed by atoms with Crippen LogP contribution in [0.15, 0.2) is 29.6 Å². The Bertz CT molecular complexity index is 900. The monoisotopic (exact) mass is 473 g/mol. The normalized spacial score (nSPS) is 22.6. The van der Waals surface area contributed by atoms with Crippen LogP contribution in [0.3, 0.4) is 0 Å². The Morgan fingerprint density at radius 1 is 1.13 bits per heavy atom. The van der Waals surface area contributed by atoms with Crippen molar-refractivity contribution in [2.75, 3.05) is 39.4 Å². The summed E-state index contributed by atoms with van der Waals surface area (Å²) in [7, 11) is 0. The number of thiazole rings is 1. The molecule has 2 aliphatic heterocycles. The third kappa shape index (κ3) is 5.15. The Hall–Kier alpha value is -1.84. The van der Waals surface area contributed by atoms with Crippen LogP contribution >= 0.6 is 22.9 Å². The fraction of sp³-hybridized carbons (Fsp3) is 0.524.